The van der Waals surface area contributed by atoms with Crippen LogP contribution in [0, 0.1) is 6.07 Å². The second-order valence-corrected chi connectivity index (χ2v) is 2.70. The van der Waals surface area contributed by atoms with Gasteiger partial charge in [-0.15, -0.1) is 0 Å². The fraction of sp³-hybridized carbons (Fsp3) is 0.200. The summed E-state index contributed by atoms with van der Waals surface area (Å²) < 4.78 is 5.06. The Bertz CT molecular complexity index is 337. The van der Waals surface area contributed by atoms with E-state index in [2.05, 4.69) is 11.4 Å². The third-order valence-electron chi connectivity index (χ3n) is 1.49. The summed E-state index contributed by atoms with van der Waals surface area (Å²) >= 11 is 0. The highest BCUT2D eigenvalue weighted by molar-refractivity contribution is 5.82. The summed E-state index contributed by atoms with van der Waals surface area (Å²) in [5.74, 6) is -1.04. The number of nitrogens with one attached hydrogen (secondary N) is 1. The van der Waals surface area contributed by atoms with Crippen molar-refractivity contribution in [2.45, 2.75) is 0 Å². The van der Waals surface area contributed by atoms with Crippen molar-refractivity contribution in [1.82, 2.24) is 5.32 Å². The molecule has 0 heterocycles. The van der Waals surface area contributed by atoms with Crippen LogP contribution in [0.5, 0.6) is 5.75 Å². The number of carboxylic acids is 1. The van der Waals surface area contributed by atoms with Crippen molar-refractivity contribution < 1.29 is 19.4 Å². The molecule has 0 aromatic heterocycles. The van der Waals surface area contributed by atoms with Crippen LogP contribution in [-0.4, -0.2) is 30.1 Å². The molecule has 1 radical (unpaired) electrons. The number of benzene rings is 1. The SMILES string of the molecule is O=C(O)CNC(=O)COc1c[c]ccc1. The van der Waals surface area contributed by atoms with Gasteiger partial charge in [-0.1, -0.05) is 12.1 Å². The number of rotatable bonds is 5. The summed E-state index contributed by atoms with van der Waals surface area (Å²) in [6.45, 7) is -0.603. The Hall–Kier alpha value is -2.04. The molecule has 1 aromatic carbocycles. The van der Waals surface area contributed by atoms with E-state index in [0.29, 0.717) is 5.75 Å². The Kier molecular flexibility index (Phi) is 4.15. The number of aliphatic carboxylic acids is 1. The van der Waals surface area contributed by atoms with Crippen molar-refractivity contribution in [1.29, 1.82) is 0 Å². The Labute approximate surface area is 86.7 Å². The van der Waals surface area contributed by atoms with Gasteiger partial charge in [0.1, 0.15) is 12.3 Å². The van der Waals surface area contributed by atoms with Crippen LogP contribution in [0.1, 0.15) is 0 Å². The maximum atomic E-state index is 11.0. The molecule has 0 aliphatic rings. The molecule has 2 N–H and O–H groups in total. The van der Waals surface area contributed by atoms with E-state index in [4.69, 9.17) is 9.84 Å². The van der Waals surface area contributed by atoms with E-state index in [-0.39, 0.29) is 6.61 Å². The third kappa shape index (κ3) is 4.66. The van der Waals surface area contributed by atoms with Gasteiger partial charge in [0.05, 0.1) is 0 Å². The van der Waals surface area contributed by atoms with Crippen LogP contribution < -0.4 is 10.1 Å². The van der Waals surface area contributed by atoms with Gasteiger partial charge in [-0.25, -0.2) is 0 Å². The van der Waals surface area contributed by atoms with Crippen LogP contribution in [0.2, 0.25) is 0 Å². The Morgan fingerprint density at radius 1 is 1.53 bits per heavy atom. The second kappa shape index (κ2) is 5.64. The zero-order valence-electron chi connectivity index (χ0n) is 7.90. The topological polar surface area (TPSA) is 75.6 Å². The number of carbonyl (C=O) groups excluding carboxylic acids is 1. The zero-order valence-corrected chi connectivity index (χ0v) is 7.90. The van der Waals surface area contributed by atoms with Crippen molar-refractivity contribution >= 4 is 11.9 Å². The average molecular weight is 208 g/mol. The van der Waals surface area contributed by atoms with Crippen LogP contribution in [0.25, 0.3) is 0 Å². The maximum Gasteiger partial charge on any atom is 0.322 e. The minimum atomic E-state index is -1.09. The molecule has 1 aromatic rings. The number of hydrogen-bond acceptors (Lipinski definition) is 3. The van der Waals surface area contributed by atoms with Crippen LogP contribution in [0.15, 0.2) is 24.3 Å². The molecule has 0 bridgehead atoms. The maximum absolute atomic E-state index is 11.0. The van der Waals surface area contributed by atoms with Gasteiger partial charge in [0.2, 0.25) is 0 Å². The second-order valence-electron chi connectivity index (χ2n) is 2.70. The predicted octanol–water partition coefficient (Wildman–Crippen LogP) is 0.0664. The molecule has 0 aliphatic heterocycles. The van der Waals surface area contributed by atoms with Gasteiger partial charge in [0.25, 0.3) is 5.91 Å². The fourth-order valence-corrected chi connectivity index (χ4v) is 0.841. The lowest BCUT2D eigenvalue weighted by atomic mass is 10.3. The third-order valence-corrected chi connectivity index (χ3v) is 1.49. The summed E-state index contributed by atoms with van der Waals surface area (Å²) in [6.07, 6.45) is 0. The fourth-order valence-electron chi connectivity index (χ4n) is 0.841. The normalized spacial score (nSPS) is 9.33. The summed E-state index contributed by atoms with van der Waals surface area (Å²) in [5, 5.41) is 10.5. The van der Waals surface area contributed by atoms with Crippen LogP contribution in [0.3, 0.4) is 0 Å². The molecule has 0 fully saturated rings. The Morgan fingerprint density at radius 3 is 2.93 bits per heavy atom. The number of hydrogen-bond donors (Lipinski definition) is 2. The lowest BCUT2D eigenvalue weighted by Gasteiger charge is -2.05. The molecule has 0 spiro atoms. The van der Waals surface area contributed by atoms with Gasteiger partial charge in [-0.3, -0.25) is 9.59 Å². The standard InChI is InChI=1S/C10H10NO4/c12-9(11-6-10(13)14)7-15-8-4-2-1-3-5-8/h1-2,4-5H,6-7H2,(H,11,12)(H,13,14). The van der Waals surface area contributed by atoms with Crippen LogP contribution in [0.4, 0.5) is 0 Å². The first-order valence-electron chi connectivity index (χ1n) is 4.26. The van der Waals surface area contributed by atoms with Crippen LogP contribution >= 0.6 is 0 Å². The first-order chi connectivity index (χ1) is 7.18. The van der Waals surface area contributed by atoms with Crippen molar-refractivity contribution in [3.8, 4) is 5.75 Å². The van der Waals surface area contributed by atoms with Gasteiger partial charge in [0.15, 0.2) is 6.61 Å². The summed E-state index contributed by atoms with van der Waals surface area (Å²) in [6, 6.07) is 9.49. The molecule has 79 valence electrons. The minimum Gasteiger partial charge on any atom is -0.484 e. The molecule has 0 unspecified atom stereocenters. The predicted molar refractivity (Wildman–Crippen MR) is 51.4 cm³/mol. The Balaban J connectivity index is 2.26. The highest BCUT2D eigenvalue weighted by Gasteiger charge is 2.04. The summed E-state index contributed by atoms with van der Waals surface area (Å²) in [5.41, 5.74) is 0. The lowest BCUT2D eigenvalue weighted by molar-refractivity contribution is -0.138. The van der Waals surface area contributed by atoms with Gasteiger partial charge in [-0.2, -0.15) is 0 Å². The Morgan fingerprint density at radius 2 is 2.33 bits per heavy atom. The first kappa shape index (κ1) is 11.0. The number of ether oxygens (including phenoxy) is 1. The highest BCUT2D eigenvalue weighted by Crippen LogP contribution is 2.06. The van der Waals surface area contributed by atoms with Crippen LogP contribution in [-0.2, 0) is 9.59 Å². The lowest BCUT2D eigenvalue weighted by Crippen LogP contribution is -2.33. The highest BCUT2D eigenvalue weighted by atomic mass is 16.5. The first-order valence-corrected chi connectivity index (χ1v) is 4.26. The average Bonchev–Trinajstić information content (AvgIpc) is 2.25. The number of carboxylic acid groups (broad SMARTS) is 1. The van der Waals surface area contributed by atoms with Crippen molar-refractivity contribution in [2.75, 3.05) is 13.2 Å². The van der Waals surface area contributed by atoms with Crippen molar-refractivity contribution in [3.05, 3.63) is 30.3 Å². The monoisotopic (exact) mass is 208 g/mol. The van der Waals surface area contributed by atoms with E-state index in [1.54, 1.807) is 24.3 Å². The molecule has 0 atom stereocenters. The van der Waals surface area contributed by atoms with Crippen molar-refractivity contribution in [2.24, 2.45) is 0 Å². The number of carbonyl (C=O) groups is 2. The molecule has 5 nitrogen and oxygen atoms in total. The minimum absolute atomic E-state index is 0.203. The molecule has 1 amide bonds. The molecule has 0 aliphatic carbocycles. The number of amides is 1. The van der Waals surface area contributed by atoms with Gasteiger partial charge >= 0.3 is 5.97 Å². The smallest absolute Gasteiger partial charge is 0.322 e. The molecule has 15 heavy (non-hydrogen) atoms. The molecule has 0 saturated heterocycles. The molecule has 5 heteroatoms. The van der Waals surface area contributed by atoms with Gasteiger partial charge < -0.3 is 15.2 Å². The van der Waals surface area contributed by atoms with E-state index in [1.807, 2.05) is 0 Å². The quantitative estimate of drug-likeness (QED) is 0.717. The molecular formula is C10H10NO4. The van der Waals surface area contributed by atoms with Gasteiger partial charge in [0, 0.05) is 0 Å². The molecule has 0 saturated carbocycles. The largest absolute Gasteiger partial charge is 0.484 e. The van der Waals surface area contributed by atoms with Gasteiger partial charge in [-0.05, 0) is 18.2 Å². The van der Waals surface area contributed by atoms with E-state index in [9.17, 15) is 9.59 Å². The van der Waals surface area contributed by atoms with E-state index in [1.165, 1.54) is 0 Å². The van der Waals surface area contributed by atoms with E-state index >= 15 is 0 Å². The molecular weight excluding hydrogens is 198 g/mol. The summed E-state index contributed by atoms with van der Waals surface area (Å²) in [4.78, 5) is 21.1. The van der Waals surface area contributed by atoms with E-state index < -0.39 is 18.4 Å². The van der Waals surface area contributed by atoms with Crippen molar-refractivity contribution in [3.63, 3.8) is 0 Å². The molecule has 1 rings (SSSR count). The zero-order chi connectivity index (χ0) is 11.1. The summed E-state index contributed by atoms with van der Waals surface area (Å²) in [7, 11) is 0. The van der Waals surface area contributed by atoms with E-state index in [0.717, 1.165) is 0 Å².